The Bertz CT molecular complexity index is 261. The monoisotopic (exact) mass is 242 g/mol. The molecule has 92 valence electrons. The maximum Gasteiger partial charge on any atom is 0.320 e. The molecule has 2 aliphatic rings. The van der Waals surface area contributed by atoms with E-state index >= 15 is 0 Å². The summed E-state index contributed by atoms with van der Waals surface area (Å²) in [7, 11) is 0. The Balaban J connectivity index is 2.05. The molecule has 2 rings (SSSR count). The van der Waals surface area contributed by atoms with Crippen LogP contribution in [0.5, 0.6) is 0 Å². The molecule has 1 N–H and O–H groups in total. The highest BCUT2D eigenvalue weighted by Gasteiger charge is 2.48. The van der Waals surface area contributed by atoms with Crippen LogP contribution >= 0.6 is 11.8 Å². The molecule has 2 fully saturated rings. The lowest BCUT2D eigenvalue weighted by Gasteiger charge is -2.34. The fraction of sp³-hybridized carbons (Fsp3) is 0.923. The molecular weight excluding hydrogens is 220 g/mol. The van der Waals surface area contributed by atoms with Gasteiger partial charge in [0.05, 0.1) is 0 Å². The lowest BCUT2D eigenvalue weighted by Crippen LogP contribution is -2.39. The summed E-state index contributed by atoms with van der Waals surface area (Å²) in [6, 6.07) is 0. The first-order chi connectivity index (χ1) is 7.65. The van der Waals surface area contributed by atoms with Gasteiger partial charge in [-0.3, -0.25) is 4.79 Å². The van der Waals surface area contributed by atoms with Gasteiger partial charge in [-0.25, -0.2) is 0 Å². The van der Waals surface area contributed by atoms with Crippen LogP contribution in [0.15, 0.2) is 0 Å². The molecule has 2 aliphatic carbocycles. The third kappa shape index (κ3) is 2.24. The number of carboxylic acid groups (broad SMARTS) is 1. The van der Waals surface area contributed by atoms with Crippen molar-refractivity contribution >= 4 is 17.7 Å². The van der Waals surface area contributed by atoms with Gasteiger partial charge < -0.3 is 5.11 Å². The highest BCUT2D eigenvalue weighted by molar-refractivity contribution is 8.02. The number of carboxylic acids is 1. The Morgan fingerprint density at radius 3 is 2.38 bits per heavy atom. The van der Waals surface area contributed by atoms with Crippen molar-refractivity contribution in [3.8, 4) is 0 Å². The first-order valence-electron chi connectivity index (χ1n) is 6.56. The molecule has 0 heterocycles. The van der Waals surface area contributed by atoms with Crippen LogP contribution in [0.4, 0.5) is 0 Å². The predicted octanol–water partition coefficient (Wildman–Crippen LogP) is 3.70. The summed E-state index contributed by atoms with van der Waals surface area (Å²) < 4.78 is -0.456. The second-order valence-electron chi connectivity index (χ2n) is 5.37. The van der Waals surface area contributed by atoms with Gasteiger partial charge in [-0.15, -0.1) is 11.8 Å². The summed E-state index contributed by atoms with van der Waals surface area (Å²) in [5.74, 6) is -0.218. The summed E-state index contributed by atoms with van der Waals surface area (Å²) in [6.45, 7) is 2.12. The van der Waals surface area contributed by atoms with Gasteiger partial charge in [-0.2, -0.15) is 0 Å². The molecule has 0 aromatic heterocycles. The second-order valence-corrected chi connectivity index (χ2v) is 7.00. The molecule has 0 saturated heterocycles. The Morgan fingerprint density at radius 1 is 1.19 bits per heavy atom. The van der Waals surface area contributed by atoms with Gasteiger partial charge in [0.15, 0.2) is 0 Å². The Kier molecular flexibility index (Phi) is 3.83. The van der Waals surface area contributed by atoms with E-state index in [9.17, 15) is 9.90 Å². The van der Waals surface area contributed by atoms with E-state index in [0.717, 1.165) is 19.3 Å². The van der Waals surface area contributed by atoms with E-state index in [2.05, 4.69) is 6.92 Å². The molecule has 2 nitrogen and oxygen atoms in total. The molecular formula is C13H22O2S. The third-order valence-electron chi connectivity index (χ3n) is 4.27. The van der Waals surface area contributed by atoms with Crippen LogP contribution in [-0.2, 0) is 4.79 Å². The molecule has 2 unspecified atom stereocenters. The molecule has 2 saturated carbocycles. The van der Waals surface area contributed by atoms with E-state index in [1.165, 1.54) is 32.1 Å². The molecule has 0 bridgehead atoms. The van der Waals surface area contributed by atoms with Crippen molar-refractivity contribution in [3.63, 3.8) is 0 Å². The van der Waals surface area contributed by atoms with Crippen LogP contribution in [-0.4, -0.2) is 21.1 Å². The Hall–Kier alpha value is -0.180. The van der Waals surface area contributed by atoms with E-state index in [1.54, 1.807) is 11.8 Å². The highest BCUT2D eigenvalue weighted by Crippen LogP contribution is 2.50. The molecule has 3 heteroatoms. The highest BCUT2D eigenvalue weighted by atomic mass is 32.2. The Labute approximate surface area is 102 Å². The second kappa shape index (κ2) is 4.99. The van der Waals surface area contributed by atoms with Crippen molar-refractivity contribution < 1.29 is 9.90 Å². The molecule has 0 radical (unpaired) electrons. The fourth-order valence-corrected chi connectivity index (χ4v) is 5.05. The predicted molar refractivity (Wildman–Crippen MR) is 67.8 cm³/mol. The van der Waals surface area contributed by atoms with Gasteiger partial charge in [0, 0.05) is 5.25 Å². The van der Waals surface area contributed by atoms with Crippen molar-refractivity contribution in [2.24, 2.45) is 5.92 Å². The summed E-state index contributed by atoms with van der Waals surface area (Å²) in [5, 5.41) is 10.1. The minimum atomic E-state index is -0.562. The number of hydrogen-bond donors (Lipinski definition) is 1. The largest absolute Gasteiger partial charge is 0.480 e. The molecule has 2 atom stereocenters. The molecule has 0 amide bonds. The van der Waals surface area contributed by atoms with Gasteiger partial charge in [-0.05, 0) is 31.6 Å². The average molecular weight is 242 g/mol. The lowest BCUT2D eigenvalue weighted by atomic mass is 9.97. The van der Waals surface area contributed by atoms with Crippen molar-refractivity contribution in [1.29, 1.82) is 0 Å². The number of thioether (sulfide) groups is 1. The van der Waals surface area contributed by atoms with Crippen molar-refractivity contribution in [3.05, 3.63) is 0 Å². The summed E-state index contributed by atoms with van der Waals surface area (Å²) in [6.07, 6.45) is 9.44. The zero-order valence-electron chi connectivity index (χ0n) is 10.1. The van der Waals surface area contributed by atoms with Crippen molar-refractivity contribution in [2.75, 3.05) is 0 Å². The van der Waals surface area contributed by atoms with Gasteiger partial charge in [0.2, 0.25) is 0 Å². The van der Waals surface area contributed by atoms with Crippen LogP contribution in [0.2, 0.25) is 0 Å². The van der Waals surface area contributed by atoms with Crippen LogP contribution in [0, 0.1) is 5.92 Å². The van der Waals surface area contributed by atoms with Crippen molar-refractivity contribution in [1.82, 2.24) is 0 Å². The van der Waals surface area contributed by atoms with Crippen LogP contribution in [0.25, 0.3) is 0 Å². The standard InChI is InChI=1S/C13H22O2S/c1-10-6-5-9-13(10,12(14)15)16-11-7-3-2-4-8-11/h10-11H,2-9H2,1H3,(H,14,15). The molecule has 0 aromatic rings. The summed E-state index contributed by atoms with van der Waals surface area (Å²) >= 11 is 1.79. The van der Waals surface area contributed by atoms with E-state index in [0.29, 0.717) is 11.2 Å². The van der Waals surface area contributed by atoms with Gasteiger partial charge >= 0.3 is 5.97 Å². The minimum Gasteiger partial charge on any atom is -0.480 e. The normalized spacial score (nSPS) is 36.4. The lowest BCUT2D eigenvalue weighted by molar-refractivity contribution is -0.140. The van der Waals surface area contributed by atoms with Crippen LogP contribution < -0.4 is 0 Å². The number of hydrogen-bond acceptors (Lipinski definition) is 2. The summed E-state index contributed by atoms with van der Waals surface area (Å²) in [5.41, 5.74) is 0. The van der Waals surface area contributed by atoms with E-state index in [-0.39, 0.29) is 0 Å². The van der Waals surface area contributed by atoms with Crippen molar-refractivity contribution in [2.45, 2.75) is 68.3 Å². The smallest absolute Gasteiger partial charge is 0.320 e. The first-order valence-corrected chi connectivity index (χ1v) is 7.44. The van der Waals surface area contributed by atoms with Crippen LogP contribution in [0.1, 0.15) is 58.3 Å². The van der Waals surface area contributed by atoms with Gasteiger partial charge in [0.25, 0.3) is 0 Å². The quantitative estimate of drug-likeness (QED) is 0.820. The minimum absolute atomic E-state index is 0.344. The number of carbonyl (C=O) groups is 1. The zero-order chi connectivity index (χ0) is 11.6. The van der Waals surface area contributed by atoms with E-state index in [4.69, 9.17) is 0 Å². The number of aliphatic carboxylic acids is 1. The maximum absolute atomic E-state index is 11.6. The maximum atomic E-state index is 11.6. The molecule has 0 aromatic carbocycles. The SMILES string of the molecule is CC1CCCC1(SC1CCCCC1)C(=O)O. The van der Waals surface area contributed by atoms with Crippen LogP contribution in [0.3, 0.4) is 0 Å². The third-order valence-corrected chi connectivity index (χ3v) is 6.28. The average Bonchev–Trinajstić information content (AvgIpc) is 2.63. The molecule has 16 heavy (non-hydrogen) atoms. The van der Waals surface area contributed by atoms with Gasteiger partial charge in [0.1, 0.15) is 4.75 Å². The summed E-state index contributed by atoms with van der Waals surface area (Å²) in [4.78, 5) is 11.6. The van der Waals surface area contributed by atoms with E-state index < -0.39 is 10.7 Å². The number of rotatable bonds is 3. The van der Waals surface area contributed by atoms with Gasteiger partial charge in [-0.1, -0.05) is 32.6 Å². The molecule has 0 aliphatic heterocycles. The van der Waals surface area contributed by atoms with E-state index in [1.807, 2.05) is 0 Å². The molecule has 0 spiro atoms. The topological polar surface area (TPSA) is 37.3 Å². The Morgan fingerprint density at radius 2 is 1.88 bits per heavy atom. The zero-order valence-corrected chi connectivity index (χ0v) is 10.9. The fourth-order valence-electron chi connectivity index (χ4n) is 3.17. The first kappa shape index (κ1) is 12.3.